The number of hydrogen-bond donors (Lipinski definition) is 2. The monoisotopic (exact) mass is 221 g/mol. The summed E-state index contributed by atoms with van der Waals surface area (Å²) in [5, 5.41) is 8.45. The molecule has 0 spiro atoms. The number of nitrogens with two attached hydrogens (primary N) is 1. The second-order valence-corrected chi connectivity index (χ2v) is 3.40. The minimum atomic E-state index is -1.86. The van der Waals surface area contributed by atoms with Gasteiger partial charge in [0.15, 0.2) is 6.17 Å². The van der Waals surface area contributed by atoms with Crippen LogP contribution in [0.25, 0.3) is 0 Å². The van der Waals surface area contributed by atoms with Gasteiger partial charge < -0.3 is 10.8 Å². The van der Waals surface area contributed by atoms with E-state index in [9.17, 15) is 9.18 Å². The first-order valence-corrected chi connectivity index (χ1v) is 4.71. The van der Waals surface area contributed by atoms with E-state index in [0.29, 0.717) is 5.56 Å². The van der Waals surface area contributed by atoms with Crippen LogP contribution in [0.1, 0.15) is 11.1 Å². The van der Waals surface area contributed by atoms with Crippen LogP contribution >= 0.6 is 0 Å². The van der Waals surface area contributed by atoms with Gasteiger partial charge in [0.05, 0.1) is 0 Å². The van der Waals surface area contributed by atoms with Crippen LogP contribution in [0, 0.1) is 18.8 Å². The Morgan fingerprint density at radius 3 is 2.50 bits per heavy atom. The van der Waals surface area contributed by atoms with Crippen molar-refractivity contribution in [2.45, 2.75) is 19.1 Å². The summed E-state index contributed by atoms with van der Waals surface area (Å²) in [4.78, 5) is 10.4. The summed E-state index contributed by atoms with van der Waals surface area (Å²) in [6, 6.07) is 5.56. The second kappa shape index (κ2) is 5.29. The second-order valence-electron chi connectivity index (χ2n) is 3.40. The van der Waals surface area contributed by atoms with E-state index >= 15 is 0 Å². The molecule has 0 aromatic heterocycles. The number of carboxylic acid groups (broad SMARTS) is 1. The fraction of sp³-hybridized carbons (Fsp3) is 0.250. The lowest BCUT2D eigenvalue weighted by Gasteiger charge is -2.04. The summed E-state index contributed by atoms with van der Waals surface area (Å²) in [5.74, 6) is 3.32. The molecule has 0 aliphatic rings. The normalized spacial score (nSPS) is 13.4. The van der Waals surface area contributed by atoms with Crippen LogP contribution in [-0.2, 0) is 4.79 Å². The van der Waals surface area contributed by atoms with Gasteiger partial charge in [-0.2, -0.15) is 0 Å². The van der Waals surface area contributed by atoms with Crippen LogP contribution < -0.4 is 5.73 Å². The van der Waals surface area contributed by atoms with E-state index < -0.39 is 18.2 Å². The number of carbonyl (C=O) groups is 1. The minimum absolute atomic E-state index is 0.630. The average Bonchev–Trinajstić information content (AvgIpc) is 2.26. The van der Waals surface area contributed by atoms with Crippen molar-refractivity contribution in [2.75, 3.05) is 0 Å². The summed E-state index contributed by atoms with van der Waals surface area (Å²) in [6.07, 6.45) is -1.86. The van der Waals surface area contributed by atoms with Gasteiger partial charge in [0.2, 0.25) is 0 Å². The molecule has 3 nitrogen and oxygen atoms in total. The number of aliphatic carboxylic acids is 1. The Morgan fingerprint density at radius 1 is 1.44 bits per heavy atom. The van der Waals surface area contributed by atoms with Crippen molar-refractivity contribution in [3.05, 3.63) is 35.4 Å². The summed E-state index contributed by atoms with van der Waals surface area (Å²) < 4.78 is 13.1. The molecule has 0 radical (unpaired) electrons. The highest BCUT2D eigenvalue weighted by atomic mass is 19.1. The number of alkyl halides is 1. The Kier molecular flexibility index (Phi) is 4.03. The Balaban J connectivity index is 2.74. The van der Waals surface area contributed by atoms with Crippen molar-refractivity contribution < 1.29 is 14.3 Å². The molecule has 0 heterocycles. The van der Waals surface area contributed by atoms with Gasteiger partial charge in [-0.25, -0.2) is 4.39 Å². The van der Waals surface area contributed by atoms with Gasteiger partial charge in [-0.05, 0) is 19.1 Å². The standard InChI is InChI=1S/C12H12FNO2/c1-8-2-4-9(5-3-8)6-7-10(13)11(14)12(15)16/h2-5,10-11H,14H2,1H3,(H,15,16). The molecule has 0 aliphatic heterocycles. The molecule has 0 saturated carbocycles. The van der Waals surface area contributed by atoms with Gasteiger partial charge in [0, 0.05) is 5.56 Å². The van der Waals surface area contributed by atoms with E-state index in [1.54, 1.807) is 12.1 Å². The van der Waals surface area contributed by atoms with Crippen LogP contribution in [-0.4, -0.2) is 23.3 Å². The maximum Gasteiger partial charge on any atom is 0.324 e. The summed E-state index contributed by atoms with van der Waals surface area (Å²) in [7, 11) is 0. The van der Waals surface area contributed by atoms with Gasteiger partial charge in [0.1, 0.15) is 6.04 Å². The molecule has 3 N–H and O–H groups in total. The Morgan fingerprint density at radius 2 is 2.00 bits per heavy atom. The van der Waals surface area contributed by atoms with Gasteiger partial charge in [-0.15, -0.1) is 0 Å². The highest BCUT2D eigenvalue weighted by Crippen LogP contribution is 2.02. The SMILES string of the molecule is Cc1ccc(C#CC(F)C(N)C(=O)O)cc1. The van der Waals surface area contributed by atoms with E-state index in [2.05, 4.69) is 11.8 Å². The fourth-order valence-corrected chi connectivity index (χ4v) is 1.00. The lowest BCUT2D eigenvalue weighted by atomic mass is 10.1. The van der Waals surface area contributed by atoms with Crippen molar-refractivity contribution in [1.82, 2.24) is 0 Å². The number of hydrogen-bond acceptors (Lipinski definition) is 2. The first-order chi connectivity index (χ1) is 7.50. The predicted octanol–water partition coefficient (Wildman–Crippen LogP) is 1.10. The maximum atomic E-state index is 13.1. The third-order valence-electron chi connectivity index (χ3n) is 2.01. The molecule has 1 aromatic rings. The zero-order valence-electron chi connectivity index (χ0n) is 8.77. The van der Waals surface area contributed by atoms with E-state index in [0.717, 1.165) is 5.56 Å². The molecule has 2 unspecified atom stereocenters. The molecule has 0 aliphatic carbocycles. The van der Waals surface area contributed by atoms with Crippen LogP contribution in [0.15, 0.2) is 24.3 Å². The lowest BCUT2D eigenvalue weighted by molar-refractivity contribution is -0.139. The van der Waals surface area contributed by atoms with E-state index in [-0.39, 0.29) is 0 Å². The predicted molar refractivity (Wildman–Crippen MR) is 58.6 cm³/mol. The molecule has 84 valence electrons. The number of carboxylic acids is 1. The number of benzene rings is 1. The third kappa shape index (κ3) is 3.37. The largest absolute Gasteiger partial charge is 0.480 e. The Labute approximate surface area is 93.1 Å². The molecule has 0 bridgehead atoms. The van der Waals surface area contributed by atoms with Crippen molar-refractivity contribution in [3.8, 4) is 11.8 Å². The third-order valence-corrected chi connectivity index (χ3v) is 2.01. The molecule has 1 rings (SSSR count). The highest BCUT2D eigenvalue weighted by Gasteiger charge is 2.21. The molecule has 0 amide bonds. The topological polar surface area (TPSA) is 63.3 Å². The fourth-order valence-electron chi connectivity index (χ4n) is 1.00. The highest BCUT2D eigenvalue weighted by molar-refractivity contribution is 5.74. The van der Waals surface area contributed by atoms with E-state index in [1.807, 2.05) is 19.1 Å². The molecule has 1 aromatic carbocycles. The van der Waals surface area contributed by atoms with Gasteiger partial charge >= 0.3 is 5.97 Å². The molecular formula is C12H12FNO2. The molecule has 0 saturated heterocycles. The van der Waals surface area contributed by atoms with Crippen molar-refractivity contribution >= 4 is 5.97 Å². The number of halogens is 1. The summed E-state index contributed by atoms with van der Waals surface area (Å²) in [5.41, 5.74) is 6.78. The number of rotatable bonds is 2. The maximum absolute atomic E-state index is 13.1. The van der Waals surface area contributed by atoms with Gasteiger partial charge in [-0.3, -0.25) is 4.79 Å². The molecule has 0 fully saturated rings. The molecule has 2 atom stereocenters. The van der Waals surface area contributed by atoms with Crippen molar-refractivity contribution in [3.63, 3.8) is 0 Å². The average molecular weight is 221 g/mol. The zero-order chi connectivity index (χ0) is 12.1. The number of aryl methyl sites for hydroxylation is 1. The zero-order valence-corrected chi connectivity index (χ0v) is 8.77. The van der Waals surface area contributed by atoms with Crippen LogP contribution in [0.4, 0.5) is 4.39 Å². The van der Waals surface area contributed by atoms with Crippen LogP contribution in [0.3, 0.4) is 0 Å². The molecule has 16 heavy (non-hydrogen) atoms. The Bertz CT molecular complexity index is 431. The van der Waals surface area contributed by atoms with E-state index in [1.165, 1.54) is 0 Å². The summed E-state index contributed by atoms with van der Waals surface area (Å²) >= 11 is 0. The smallest absolute Gasteiger partial charge is 0.324 e. The van der Waals surface area contributed by atoms with Crippen molar-refractivity contribution in [2.24, 2.45) is 5.73 Å². The quantitative estimate of drug-likeness (QED) is 0.735. The van der Waals surface area contributed by atoms with Gasteiger partial charge in [-0.1, -0.05) is 29.5 Å². The first-order valence-electron chi connectivity index (χ1n) is 4.71. The van der Waals surface area contributed by atoms with Gasteiger partial charge in [0.25, 0.3) is 0 Å². The van der Waals surface area contributed by atoms with Crippen LogP contribution in [0.2, 0.25) is 0 Å². The molecule has 4 heteroatoms. The van der Waals surface area contributed by atoms with Crippen LogP contribution in [0.5, 0.6) is 0 Å². The van der Waals surface area contributed by atoms with Crippen molar-refractivity contribution in [1.29, 1.82) is 0 Å². The lowest BCUT2D eigenvalue weighted by Crippen LogP contribution is -2.38. The first kappa shape index (κ1) is 12.2. The molecular weight excluding hydrogens is 209 g/mol. The minimum Gasteiger partial charge on any atom is -0.480 e. The Hall–Kier alpha value is -1.86. The van der Waals surface area contributed by atoms with E-state index in [4.69, 9.17) is 10.8 Å². The summed E-state index contributed by atoms with van der Waals surface area (Å²) in [6.45, 7) is 1.93.